The summed E-state index contributed by atoms with van der Waals surface area (Å²) in [7, 11) is -1.72. The average Bonchev–Trinajstić information content (AvgIpc) is 2.44. The molecular weight excluding hydrogens is 396 g/mol. The number of aromatic nitrogens is 1. The summed E-state index contributed by atoms with van der Waals surface area (Å²) in [5, 5.41) is 0. The van der Waals surface area contributed by atoms with Crippen LogP contribution in [0.1, 0.15) is 17.0 Å². The van der Waals surface area contributed by atoms with Crippen molar-refractivity contribution in [1.82, 2.24) is 4.98 Å². The lowest BCUT2D eigenvalue weighted by atomic mass is 10.2. The van der Waals surface area contributed by atoms with E-state index in [4.69, 9.17) is 9.16 Å². The second-order valence-electron chi connectivity index (χ2n) is 6.74. The van der Waals surface area contributed by atoms with Crippen LogP contribution in [-0.4, -0.2) is 19.5 Å². The van der Waals surface area contributed by atoms with Crippen LogP contribution < -0.4 is 4.74 Å². The van der Waals surface area contributed by atoms with Crippen LogP contribution in [-0.2, 0) is 4.43 Å². The predicted molar refractivity (Wildman–Crippen MR) is 109 cm³/mol. The van der Waals surface area contributed by atoms with Crippen LogP contribution in [0.3, 0.4) is 0 Å². The van der Waals surface area contributed by atoms with Crippen molar-refractivity contribution in [1.29, 1.82) is 0 Å². The number of ether oxygens (including phenoxy) is 1. The normalized spacial score (nSPS) is 11.6. The summed E-state index contributed by atoms with van der Waals surface area (Å²) in [5.41, 5.74) is 2.67. The Morgan fingerprint density at radius 2 is 1.80 bits per heavy atom. The number of pyridine rings is 1. The molecular formula is C19H23BrN2O2Si. The molecule has 25 heavy (non-hydrogen) atoms. The third-order valence-electron chi connectivity index (χ3n) is 3.03. The topological polar surface area (TPSA) is 43.7 Å². The van der Waals surface area contributed by atoms with Gasteiger partial charge in [0.05, 0.1) is 0 Å². The standard InChI is InChI=1S/C19H23BrN2O2Si/c1-13-9-18(10-14(2)22-13)23-19-8-7-17(20)11-16(19)12-21-15(3)24-25(4,5)6/h7-12H,3H2,1-2,4-6H3/b21-12+. The second kappa shape index (κ2) is 7.97. The highest BCUT2D eigenvalue weighted by molar-refractivity contribution is 9.10. The monoisotopic (exact) mass is 418 g/mol. The van der Waals surface area contributed by atoms with Gasteiger partial charge in [0.25, 0.3) is 0 Å². The van der Waals surface area contributed by atoms with E-state index in [-0.39, 0.29) is 0 Å². The molecule has 1 aromatic heterocycles. The third-order valence-corrected chi connectivity index (χ3v) is 4.37. The molecule has 0 bridgehead atoms. The van der Waals surface area contributed by atoms with Gasteiger partial charge in [0.1, 0.15) is 11.5 Å². The van der Waals surface area contributed by atoms with Crippen LogP contribution >= 0.6 is 15.9 Å². The van der Waals surface area contributed by atoms with E-state index in [0.717, 1.165) is 27.2 Å². The Morgan fingerprint density at radius 3 is 2.40 bits per heavy atom. The van der Waals surface area contributed by atoms with E-state index in [2.05, 4.69) is 52.1 Å². The van der Waals surface area contributed by atoms with E-state index in [1.807, 2.05) is 44.2 Å². The molecule has 0 N–H and O–H groups in total. The van der Waals surface area contributed by atoms with Crippen LogP contribution in [0.5, 0.6) is 11.5 Å². The van der Waals surface area contributed by atoms with Crippen molar-refractivity contribution in [3.05, 3.63) is 64.2 Å². The van der Waals surface area contributed by atoms with Gasteiger partial charge in [-0.05, 0) is 58.3 Å². The summed E-state index contributed by atoms with van der Waals surface area (Å²) in [6, 6.07) is 9.59. The van der Waals surface area contributed by atoms with E-state index in [1.54, 1.807) is 6.21 Å². The highest BCUT2D eigenvalue weighted by atomic mass is 79.9. The Kier molecular flexibility index (Phi) is 6.19. The minimum atomic E-state index is -1.72. The van der Waals surface area contributed by atoms with Gasteiger partial charge in [0.2, 0.25) is 8.32 Å². The fourth-order valence-corrected chi connectivity index (χ4v) is 3.35. The Labute approximate surface area is 158 Å². The number of aryl methyl sites for hydroxylation is 2. The Morgan fingerprint density at radius 1 is 1.16 bits per heavy atom. The van der Waals surface area contributed by atoms with Gasteiger partial charge in [-0.1, -0.05) is 15.9 Å². The highest BCUT2D eigenvalue weighted by Crippen LogP contribution is 2.28. The first kappa shape index (κ1) is 19.4. The summed E-state index contributed by atoms with van der Waals surface area (Å²) in [6.45, 7) is 14.0. The van der Waals surface area contributed by atoms with Crippen molar-refractivity contribution in [3.8, 4) is 11.5 Å². The molecule has 0 atom stereocenters. The maximum Gasteiger partial charge on any atom is 0.244 e. The number of rotatable bonds is 6. The van der Waals surface area contributed by atoms with Gasteiger partial charge in [-0.25, -0.2) is 4.99 Å². The number of benzene rings is 1. The van der Waals surface area contributed by atoms with Crippen molar-refractivity contribution in [2.75, 3.05) is 0 Å². The van der Waals surface area contributed by atoms with Crippen molar-refractivity contribution in [2.45, 2.75) is 33.5 Å². The van der Waals surface area contributed by atoms with Crippen LogP contribution in [0.2, 0.25) is 19.6 Å². The lowest BCUT2D eigenvalue weighted by Gasteiger charge is -2.18. The summed E-state index contributed by atoms with van der Waals surface area (Å²) in [6.07, 6.45) is 1.71. The summed E-state index contributed by atoms with van der Waals surface area (Å²) in [5.74, 6) is 1.87. The summed E-state index contributed by atoms with van der Waals surface area (Å²) >= 11 is 3.49. The fourth-order valence-electron chi connectivity index (χ4n) is 2.22. The smallest absolute Gasteiger partial charge is 0.244 e. The first-order chi connectivity index (χ1) is 11.6. The van der Waals surface area contributed by atoms with Gasteiger partial charge in [-0.3, -0.25) is 4.98 Å². The van der Waals surface area contributed by atoms with Crippen LogP contribution in [0.15, 0.2) is 52.3 Å². The number of nitrogens with zero attached hydrogens (tertiary/aromatic N) is 2. The fraction of sp³-hybridized carbons (Fsp3) is 0.263. The number of hydrogen-bond acceptors (Lipinski definition) is 4. The Balaban J connectivity index is 2.26. The zero-order valence-corrected chi connectivity index (χ0v) is 17.8. The van der Waals surface area contributed by atoms with Crippen molar-refractivity contribution < 1.29 is 9.16 Å². The molecule has 0 amide bonds. The van der Waals surface area contributed by atoms with Crippen LogP contribution in [0, 0.1) is 13.8 Å². The maximum absolute atomic E-state index is 6.05. The molecule has 0 spiro atoms. The molecule has 1 aromatic carbocycles. The molecule has 4 nitrogen and oxygen atoms in total. The van der Waals surface area contributed by atoms with Crippen molar-refractivity contribution >= 4 is 30.5 Å². The molecule has 2 rings (SSSR count). The van der Waals surface area contributed by atoms with Crippen LogP contribution in [0.25, 0.3) is 0 Å². The first-order valence-electron chi connectivity index (χ1n) is 7.97. The molecule has 1 heterocycles. The van der Waals surface area contributed by atoms with Gasteiger partial charge in [0, 0.05) is 39.8 Å². The predicted octanol–water partition coefficient (Wildman–Crippen LogP) is 5.99. The first-order valence-corrected chi connectivity index (χ1v) is 12.2. The molecule has 0 aliphatic heterocycles. The van der Waals surface area contributed by atoms with E-state index in [0.29, 0.717) is 11.6 Å². The Hall–Kier alpha value is -1.92. The lowest BCUT2D eigenvalue weighted by Crippen LogP contribution is -2.24. The zero-order valence-electron chi connectivity index (χ0n) is 15.3. The van der Waals surface area contributed by atoms with Gasteiger partial charge < -0.3 is 9.16 Å². The number of aliphatic imine (C=N–C) groups is 1. The van der Waals surface area contributed by atoms with Gasteiger partial charge in [0.15, 0.2) is 5.88 Å². The average molecular weight is 419 g/mol. The molecule has 0 fully saturated rings. The highest BCUT2D eigenvalue weighted by Gasteiger charge is 2.16. The quantitative estimate of drug-likeness (QED) is 0.328. The minimum absolute atomic E-state index is 0.417. The molecule has 0 unspecified atom stereocenters. The molecule has 0 radical (unpaired) electrons. The molecule has 0 saturated carbocycles. The van der Waals surface area contributed by atoms with E-state index < -0.39 is 8.32 Å². The molecule has 2 aromatic rings. The second-order valence-corrected chi connectivity index (χ2v) is 12.1. The van der Waals surface area contributed by atoms with E-state index in [9.17, 15) is 0 Å². The largest absolute Gasteiger partial charge is 0.532 e. The Bertz CT molecular complexity index is 793. The number of halogens is 1. The van der Waals surface area contributed by atoms with Crippen LogP contribution in [0.4, 0.5) is 0 Å². The molecule has 132 valence electrons. The SMILES string of the molecule is C=C(/N=C/c1cc(Br)ccc1Oc1cc(C)nc(C)c1)O[Si](C)(C)C. The third kappa shape index (κ3) is 6.47. The van der Waals surface area contributed by atoms with Crippen molar-refractivity contribution in [3.63, 3.8) is 0 Å². The van der Waals surface area contributed by atoms with Gasteiger partial charge >= 0.3 is 0 Å². The summed E-state index contributed by atoms with van der Waals surface area (Å²) < 4.78 is 12.8. The minimum Gasteiger partial charge on any atom is -0.532 e. The zero-order chi connectivity index (χ0) is 18.6. The van der Waals surface area contributed by atoms with E-state index in [1.165, 1.54) is 0 Å². The number of hydrogen-bond donors (Lipinski definition) is 0. The van der Waals surface area contributed by atoms with Crippen molar-refractivity contribution in [2.24, 2.45) is 4.99 Å². The van der Waals surface area contributed by atoms with Gasteiger partial charge in [-0.15, -0.1) is 0 Å². The van der Waals surface area contributed by atoms with E-state index >= 15 is 0 Å². The summed E-state index contributed by atoms with van der Waals surface area (Å²) in [4.78, 5) is 8.71. The molecule has 0 saturated heterocycles. The molecule has 0 aliphatic carbocycles. The van der Waals surface area contributed by atoms with Gasteiger partial charge in [-0.2, -0.15) is 0 Å². The molecule has 6 heteroatoms. The molecule has 0 aliphatic rings. The lowest BCUT2D eigenvalue weighted by molar-refractivity contribution is 0.421. The maximum atomic E-state index is 6.05.